The molecule has 0 aliphatic rings. The Balaban J connectivity index is 0.983. The monoisotopic (exact) mass is 1120 g/mol. The molecule has 0 aliphatic heterocycles. The average molecular weight is 1120 g/mol. The molecule has 0 atom stereocenters. The molecule has 15 rings (SSSR count). The summed E-state index contributed by atoms with van der Waals surface area (Å²) in [6, 6.07) is 104. The highest BCUT2D eigenvalue weighted by atomic mass is 15.0. The summed E-state index contributed by atoms with van der Waals surface area (Å²) in [4.78, 5) is 10.7. The van der Waals surface area contributed by atoms with Crippen LogP contribution < -0.4 is 0 Å². The summed E-state index contributed by atoms with van der Waals surface area (Å²) >= 11 is 0. The zero-order chi connectivity index (χ0) is 59.2. The smallest absolute Gasteiger partial charge is 0.160 e. The van der Waals surface area contributed by atoms with Crippen LogP contribution in [0.5, 0.6) is 0 Å². The summed E-state index contributed by atoms with van der Waals surface area (Å²) in [5, 5.41) is 43.9. The van der Waals surface area contributed by atoms with Crippen molar-refractivity contribution in [2.45, 2.75) is 0 Å². The fraction of sp³-hybridized carbons (Fsp3) is 0. The summed E-state index contributed by atoms with van der Waals surface area (Å²) in [5.41, 5.74) is 22.2. The normalized spacial score (nSPS) is 11.1. The minimum Gasteiger partial charge on any atom is -0.309 e. The lowest BCUT2D eigenvalue weighted by Crippen LogP contribution is -2.01. The molecule has 0 bridgehead atoms. The highest BCUT2D eigenvalue weighted by Gasteiger charge is 2.22. The van der Waals surface area contributed by atoms with E-state index >= 15 is 0 Å². The van der Waals surface area contributed by atoms with Gasteiger partial charge in [0.15, 0.2) is 5.82 Å². The van der Waals surface area contributed by atoms with Crippen LogP contribution >= 0.6 is 0 Å². The lowest BCUT2D eigenvalue weighted by molar-refractivity contribution is 1.16. The first-order chi connectivity index (χ1) is 43.4. The first-order valence-electron chi connectivity index (χ1n) is 28.8. The third-order valence-electron chi connectivity index (χ3n) is 16.6. The molecule has 8 heteroatoms. The number of rotatable bonds is 10. The van der Waals surface area contributed by atoms with Crippen molar-refractivity contribution in [3.05, 3.63) is 301 Å². The van der Waals surface area contributed by atoms with Crippen LogP contribution in [0.3, 0.4) is 0 Å². The molecule has 12 aromatic carbocycles. The first-order valence-corrected chi connectivity index (χ1v) is 28.8. The highest BCUT2D eigenvalue weighted by Crippen LogP contribution is 2.44. The molecule has 0 fully saturated rings. The Morgan fingerprint density at radius 3 is 0.989 bits per heavy atom. The van der Waals surface area contributed by atoms with E-state index in [2.05, 4.69) is 179 Å². The van der Waals surface area contributed by atoms with Crippen LogP contribution in [0.15, 0.2) is 279 Å². The Labute approximate surface area is 507 Å². The standard InChI is InChI=1S/C80H46N8/c81-47-51-12-7-20-57(36-51)61-26-31-76-69(41-61)70-42-62(58-21-8-13-52(37-58)48-82)27-32-77(70)87(76)67-25-11-24-65(40-67)68-45-66(80-85-73(55-16-3-1-4-17-55)46-74(86-80)56-18-5-2-6-19-56)30-35-75(68)88-78-33-28-63(59-22-9-14-53(38-59)49-83)43-71(78)72-44-64(29-34-79(72)88)60-23-10-15-54(39-60)50-84/h1-46H. The Hall–Kier alpha value is -12.7. The Kier molecular flexibility index (Phi) is 12.9. The molecule has 0 amide bonds. The van der Waals surface area contributed by atoms with E-state index in [1.165, 1.54) is 0 Å². The lowest BCUT2D eigenvalue weighted by Gasteiger charge is -2.18. The molecule has 0 radical (unpaired) electrons. The van der Waals surface area contributed by atoms with Crippen LogP contribution in [0, 0.1) is 45.3 Å². The SMILES string of the molecule is N#Cc1cccc(-c2ccc3c(c2)c2cc(-c4cccc(C#N)c4)ccc2n3-c2cccc(-c3cc(-c4nc(-c5ccccc5)cc(-c5ccccc5)n4)ccc3-n3c4ccc(-c5cccc(C#N)c5)cc4c4cc(-c5cccc(C#N)c5)ccc43)c2)c1. The number of nitrogens with zero attached hydrogens (tertiary/aromatic N) is 8. The number of hydrogen-bond donors (Lipinski definition) is 0. The van der Waals surface area contributed by atoms with Gasteiger partial charge in [-0.1, -0.05) is 146 Å². The van der Waals surface area contributed by atoms with Gasteiger partial charge in [0.1, 0.15) is 0 Å². The first kappa shape index (κ1) is 52.1. The van der Waals surface area contributed by atoms with E-state index in [1.54, 1.807) is 0 Å². The molecular weight excluding hydrogens is 1070 g/mol. The predicted octanol–water partition coefficient (Wildman–Crippen LogP) is 19.5. The van der Waals surface area contributed by atoms with E-state index in [9.17, 15) is 21.0 Å². The molecule has 3 heterocycles. The van der Waals surface area contributed by atoms with Gasteiger partial charge in [-0.05, 0) is 184 Å². The molecule has 8 nitrogen and oxygen atoms in total. The van der Waals surface area contributed by atoms with Crippen molar-refractivity contribution in [3.8, 4) is 125 Å². The molecule has 406 valence electrons. The summed E-state index contributed by atoms with van der Waals surface area (Å²) in [6.07, 6.45) is 0. The molecule has 0 saturated carbocycles. The van der Waals surface area contributed by atoms with Crippen molar-refractivity contribution in [2.75, 3.05) is 0 Å². The number of fused-ring (bicyclic) bond motifs is 6. The fourth-order valence-corrected chi connectivity index (χ4v) is 12.4. The van der Waals surface area contributed by atoms with Gasteiger partial charge in [-0.25, -0.2) is 9.97 Å². The van der Waals surface area contributed by atoms with Crippen molar-refractivity contribution < 1.29 is 0 Å². The van der Waals surface area contributed by atoms with Crippen LogP contribution in [0.25, 0.3) is 145 Å². The lowest BCUT2D eigenvalue weighted by atomic mass is 9.98. The van der Waals surface area contributed by atoms with E-state index in [1.807, 2.05) is 133 Å². The van der Waals surface area contributed by atoms with Crippen molar-refractivity contribution in [1.82, 2.24) is 19.1 Å². The minimum atomic E-state index is 0.578. The van der Waals surface area contributed by atoms with Gasteiger partial charge in [-0.3, -0.25) is 0 Å². The van der Waals surface area contributed by atoms with Crippen LogP contribution in [-0.4, -0.2) is 19.1 Å². The third-order valence-corrected chi connectivity index (χ3v) is 16.6. The van der Waals surface area contributed by atoms with E-state index in [0.29, 0.717) is 28.1 Å². The summed E-state index contributed by atoms with van der Waals surface area (Å²) in [7, 11) is 0. The number of hydrogen-bond acceptors (Lipinski definition) is 6. The number of aromatic nitrogens is 4. The summed E-state index contributed by atoms with van der Waals surface area (Å²) < 4.78 is 4.68. The third kappa shape index (κ3) is 9.36. The molecule has 3 aromatic heterocycles. The zero-order valence-electron chi connectivity index (χ0n) is 47.1. The van der Waals surface area contributed by atoms with E-state index in [-0.39, 0.29) is 0 Å². The topological polar surface area (TPSA) is 131 Å². The van der Waals surface area contributed by atoms with E-state index in [4.69, 9.17) is 9.97 Å². The van der Waals surface area contributed by atoms with Crippen molar-refractivity contribution in [3.63, 3.8) is 0 Å². The van der Waals surface area contributed by atoms with Gasteiger partial charge in [0.25, 0.3) is 0 Å². The molecule has 15 aromatic rings. The van der Waals surface area contributed by atoms with E-state index < -0.39 is 0 Å². The van der Waals surface area contributed by atoms with Crippen LogP contribution in [0.2, 0.25) is 0 Å². The van der Waals surface area contributed by atoms with Gasteiger partial charge in [0.2, 0.25) is 0 Å². The number of benzene rings is 12. The maximum absolute atomic E-state index is 9.96. The minimum absolute atomic E-state index is 0.578. The summed E-state index contributed by atoms with van der Waals surface area (Å²) in [6.45, 7) is 0. The van der Waals surface area contributed by atoms with Crippen molar-refractivity contribution in [1.29, 1.82) is 21.0 Å². The molecular formula is C80H46N8. The predicted molar refractivity (Wildman–Crippen MR) is 353 cm³/mol. The van der Waals surface area contributed by atoms with Crippen LogP contribution in [-0.2, 0) is 0 Å². The second kappa shape index (κ2) is 21.8. The second-order valence-electron chi connectivity index (χ2n) is 21.8. The molecule has 0 unspecified atom stereocenters. The molecule has 88 heavy (non-hydrogen) atoms. The Morgan fingerprint density at radius 1 is 0.250 bits per heavy atom. The van der Waals surface area contributed by atoms with Crippen LogP contribution in [0.4, 0.5) is 0 Å². The maximum Gasteiger partial charge on any atom is 0.160 e. The fourth-order valence-electron chi connectivity index (χ4n) is 12.4. The highest BCUT2D eigenvalue weighted by molar-refractivity contribution is 6.13. The quantitative estimate of drug-likeness (QED) is 0.134. The molecule has 0 N–H and O–H groups in total. The van der Waals surface area contributed by atoms with Crippen LogP contribution in [0.1, 0.15) is 22.3 Å². The summed E-state index contributed by atoms with van der Waals surface area (Å²) in [5.74, 6) is 0.578. The van der Waals surface area contributed by atoms with Crippen molar-refractivity contribution >= 4 is 43.6 Å². The Morgan fingerprint density at radius 2 is 0.591 bits per heavy atom. The second-order valence-corrected chi connectivity index (χ2v) is 21.8. The average Bonchev–Trinajstić information content (AvgIpc) is 1.81. The molecule has 0 spiro atoms. The van der Waals surface area contributed by atoms with Gasteiger partial charge in [0.05, 0.1) is 85.7 Å². The zero-order valence-corrected chi connectivity index (χ0v) is 47.1. The largest absolute Gasteiger partial charge is 0.309 e. The van der Waals surface area contributed by atoms with Gasteiger partial charge in [0, 0.05) is 49.5 Å². The Bertz CT molecular complexity index is 5220. The van der Waals surface area contributed by atoms with Gasteiger partial charge in [-0.15, -0.1) is 0 Å². The van der Waals surface area contributed by atoms with Crippen molar-refractivity contribution in [2.24, 2.45) is 0 Å². The maximum atomic E-state index is 9.96. The number of nitriles is 4. The van der Waals surface area contributed by atoms with Gasteiger partial charge >= 0.3 is 0 Å². The van der Waals surface area contributed by atoms with Gasteiger partial charge in [-0.2, -0.15) is 21.0 Å². The van der Waals surface area contributed by atoms with Gasteiger partial charge < -0.3 is 9.13 Å². The molecule has 0 saturated heterocycles. The van der Waals surface area contributed by atoms with E-state index in [0.717, 1.165) is 139 Å². The molecule has 0 aliphatic carbocycles.